The van der Waals surface area contributed by atoms with E-state index in [0.29, 0.717) is 18.2 Å². The number of nitrogens with zero attached hydrogens (tertiary/aromatic N) is 3. The normalized spacial score (nSPS) is 14.9. The van der Waals surface area contributed by atoms with E-state index in [1.165, 1.54) is 22.8 Å². The third-order valence-corrected chi connectivity index (χ3v) is 7.05. The molecule has 3 heterocycles. The molecule has 0 radical (unpaired) electrons. The summed E-state index contributed by atoms with van der Waals surface area (Å²) in [4.78, 5) is 12.5. The van der Waals surface area contributed by atoms with Gasteiger partial charge in [-0.1, -0.05) is 42.0 Å². The van der Waals surface area contributed by atoms with E-state index in [0.717, 1.165) is 42.0 Å². The Hall–Kier alpha value is -3.03. The van der Waals surface area contributed by atoms with Gasteiger partial charge in [0.2, 0.25) is 0 Å². The predicted molar refractivity (Wildman–Crippen MR) is 128 cm³/mol. The Morgan fingerprint density at radius 2 is 1.91 bits per heavy atom. The standard InChI is InChI=1S/C25H25FN4OS/c1-16-5-7-17(8-6-16)20-14-32-25-22(20)24(28-15-29-25)30-11-9-19(10-12-30)27-13-18-3-2-4-21(26)23(18)31/h2-8,14-15,19,27,31H,9-13H2,1H3. The van der Waals surface area contributed by atoms with E-state index in [9.17, 15) is 9.50 Å². The van der Waals surface area contributed by atoms with E-state index < -0.39 is 5.82 Å². The Morgan fingerprint density at radius 1 is 1.12 bits per heavy atom. The van der Waals surface area contributed by atoms with E-state index >= 15 is 0 Å². The second kappa shape index (κ2) is 8.84. The second-order valence-corrected chi connectivity index (χ2v) is 9.14. The fourth-order valence-corrected chi connectivity index (χ4v) is 5.21. The number of anilines is 1. The summed E-state index contributed by atoms with van der Waals surface area (Å²) in [6.45, 7) is 4.30. The number of rotatable bonds is 5. The first-order valence-corrected chi connectivity index (χ1v) is 11.7. The van der Waals surface area contributed by atoms with Crippen molar-refractivity contribution in [3.8, 4) is 16.9 Å². The van der Waals surface area contributed by atoms with Crippen molar-refractivity contribution < 1.29 is 9.50 Å². The van der Waals surface area contributed by atoms with Gasteiger partial charge in [-0.3, -0.25) is 0 Å². The van der Waals surface area contributed by atoms with Crippen LogP contribution in [0.1, 0.15) is 24.0 Å². The van der Waals surface area contributed by atoms with Gasteiger partial charge < -0.3 is 15.3 Å². The summed E-state index contributed by atoms with van der Waals surface area (Å²) in [5, 5.41) is 16.7. The topological polar surface area (TPSA) is 61.3 Å². The van der Waals surface area contributed by atoms with Crippen molar-refractivity contribution in [2.24, 2.45) is 0 Å². The van der Waals surface area contributed by atoms with E-state index in [-0.39, 0.29) is 5.75 Å². The smallest absolute Gasteiger partial charge is 0.165 e. The number of aromatic nitrogens is 2. The minimum Gasteiger partial charge on any atom is -0.505 e. The molecule has 0 bridgehead atoms. The zero-order valence-electron chi connectivity index (χ0n) is 17.9. The lowest BCUT2D eigenvalue weighted by atomic mass is 10.0. The SMILES string of the molecule is Cc1ccc(-c2csc3ncnc(N4CCC(NCc5cccc(F)c5O)CC4)c23)cc1. The summed E-state index contributed by atoms with van der Waals surface area (Å²) in [6, 6.07) is 13.5. The van der Waals surface area contributed by atoms with Gasteiger partial charge in [-0.25, -0.2) is 14.4 Å². The van der Waals surface area contributed by atoms with Gasteiger partial charge >= 0.3 is 0 Å². The monoisotopic (exact) mass is 448 g/mol. The van der Waals surface area contributed by atoms with Crippen LogP contribution in [0, 0.1) is 12.7 Å². The molecule has 1 fully saturated rings. The van der Waals surface area contributed by atoms with Crippen molar-refractivity contribution >= 4 is 27.4 Å². The van der Waals surface area contributed by atoms with Crippen LogP contribution in [0.3, 0.4) is 0 Å². The molecule has 32 heavy (non-hydrogen) atoms. The van der Waals surface area contributed by atoms with Crippen molar-refractivity contribution in [2.75, 3.05) is 18.0 Å². The van der Waals surface area contributed by atoms with Crippen LogP contribution < -0.4 is 10.2 Å². The number of aromatic hydroxyl groups is 1. The quantitative estimate of drug-likeness (QED) is 0.436. The fraction of sp³-hybridized carbons (Fsp3) is 0.280. The summed E-state index contributed by atoms with van der Waals surface area (Å²) in [6.07, 6.45) is 3.56. The molecule has 164 valence electrons. The highest BCUT2D eigenvalue weighted by Crippen LogP contribution is 2.38. The van der Waals surface area contributed by atoms with Crippen molar-refractivity contribution in [1.82, 2.24) is 15.3 Å². The summed E-state index contributed by atoms with van der Waals surface area (Å²) in [5.41, 5.74) is 4.20. The maximum atomic E-state index is 13.6. The molecule has 2 aromatic carbocycles. The zero-order valence-corrected chi connectivity index (χ0v) is 18.7. The van der Waals surface area contributed by atoms with E-state index in [4.69, 9.17) is 0 Å². The van der Waals surface area contributed by atoms with Crippen molar-refractivity contribution in [3.63, 3.8) is 0 Å². The first-order valence-electron chi connectivity index (χ1n) is 10.8. The molecule has 4 aromatic rings. The zero-order chi connectivity index (χ0) is 22.1. The summed E-state index contributed by atoms with van der Waals surface area (Å²) in [5.74, 6) is 0.155. The van der Waals surface area contributed by atoms with Gasteiger partial charge in [-0.15, -0.1) is 11.3 Å². The van der Waals surface area contributed by atoms with Gasteiger partial charge in [0.1, 0.15) is 17.0 Å². The van der Waals surface area contributed by atoms with Gasteiger partial charge in [0.05, 0.1) is 5.39 Å². The average Bonchev–Trinajstić information content (AvgIpc) is 3.25. The molecular formula is C25H25FN4OS. The van der Waals surface area contributed by atoms with Crippen LogP contribution in [-0.4, -0.2) is 34.2 Å². The first-order chi connectivity index (χ1) is 15.6. The lowest BCUT2D eigenvalue weighted by molar-refractivity contribution is 0.396. The van der Waals surface area contributed by atoms with Crippen LogP contribution in [0.25, 0.3) is 21.3 Å². The number of piperidine rings is 1. The third kappa shape index (κ3) is 4.06. The molecular weight excluding hydrogens is 423 g/mol. The molecule has 5 rings (SSSR count). The highest BCUT2D eigenvalue weighted by atomic mass is 32.1. The lowest BCUT2D eigenvalue weighted by Crippen LogP contribution is -2.42. The lowest BCUT2D eigenvalue weighted by Gasteiger charge is -2.33. The maximum absolute atomic E-state index is 13.6. The number of para-hydroxylation sites is 1. The number of hydrogen-bond donors (Lipinski definition) is 2. The molecule has 2 aromatic heterocycles. The Labute approximate surface area is 190 Å². The molecule has 1 aliphatic rings. The Kier molecular flexibility index (Phi) is 5.76. The van der Waals surface area contributed by atoms with Gasteiger partial charge in [0.25, 0.3) is 0 Å². The highest BCUT2D eigenvalue weighted by molar-refractivity contribution is 7.17. The number of halogens is 1. The molecule has 0 amide bonds. The van der Waals surface area contributed by atoms with Crippen LogP contribution in [0.15, 0.2) is 54.2 Å². The largest absolute Gasteiger partial charge is 0.505 e. The first kappa shape index (κ1) is 20.8. The Balaban J connectivity index is 1.31. The number of aryl methyl sites for hydroxylation is 1. The number of hydrogen-bond acceptors (Lipinski definition) is 6. The summed E-state index contributed by atoms with van der Waals surface area (Å²) < 4.78 is 13.6. The van der Waals surface area contributed by atoms with E-state index in [1.54, 1.807) is 29.8 Å². The van der Waals surface area contributed by atoms with Crippen LogP contribution >= 0.6 is 11.3 Å². The van der Waals surface area contributed by atoms with Crippen LogP contribution in [-0.2, 0) is 6.54 Å². The molecule has 0 spiro atoms. The molecule has 1 saturated heterocycles. The van der Waals surface area contributed by atoms with Gasteiger partial charge in [-0.05, 0) is 31.4 Å². The minimum absolute atomic E-state index is 0.262. The number of thiophene rings is 1. The van der Waals surface area contributed by atoms with E-state index in [2.05, 4.69) is 56.8 Å². The molecule has 0 aliphatic carbocycles. The van der Waals surface area contributed by atoms with Crippen molar-refractivity contribution in [2.45, 2.75) is 32.4 Å². The van der Waals surface area contributed by atoms with Crippen molar-refractivity contribution in [3.05, 3.63) is 71.1 Å². The number of phenolic OH excluding ortho intramolecular Hbond substituents is 1. The number of phenols is 1. The molecule has 7 heteroatoms. The highest BCUT2D eigenvalue weighted by Gasteiger charge is 2.23. The Morgan fingerprint density at radius 3 is 2.69 bits per heavy atom. The Bertz CT molecular complexity index is 1230. The van der Waals surface area contributed by atoms with E-state index in [1.807, 2.05) is 0 Å². The number of benzene rings is 2. The van der Waals surface area contributed by atoms with Gasteiger partial charge in [-0.2, -0.15) is 0 Å². The van der Waals surface area contributed by atoms with Crippen LogP contribution in [0.4, 0.5) is 10.2 Å². The predicted octanol–water partition coefficient (Wildman–Crippen LogP) is 5.27. The molecule has 0 unspecified atom stereocenters. The van der Waals surface area contributed by atoms with Gasteiger partial charge in [0, 0.05) is 42.2 Å². The summed E-state index contributed by atoms with van der Waals surface area (Å²) in [7, 11) is 0. The minimum atomic E-state index is -0.577. The summed E-state index contributed by atoms with van der Waals surface area (Å²) >= 11 is 1.66. The number of nitrogens with one attached hydrogen (secondary N) is 1. The third-order valence-electron chi connectivity index (χ3n) is 6.16. The van der Waals surface area contributed by atoms with Crippen LogP contribution in [0.2, 0.25) is 0 Å². The van der Waals surface area contributed by atoms with Crippen molar-refractivity contribution in [1.29, 1.82) is 0 Å². The molecule has 2 N–H and O–H groups in total. The molecule has 0 atom stereocenters. The molecule has 5 nitrogen and oxygen atoms in total. The maximum Gasteiger partial charge on any atom is 0.165 e. The second-order valence-electron chi connectivity index (χ2n) is 8.28. The number of fused-ring (bicyclic) bond motifs is 1. The van der Waals surface area contributed by atoms with Gasteiger partial charge in [0.15, 0.2) is 11.6 Å². The average molecular weight is 449 g/mol. The van der Waals surface area contributed by atoms with Crippen LogP contribution in [0.5, 0.6) is 5.75 Å². The molecule has 0 saturated carbocycles. The fourth-order valence-electron chi connectivity index (χ4n) is 4.30. The molecule has 1 aliphatic heterocycles.